The fourth-order valence-corrected chi connectivity index (χ4v) is 2.52. The summed E-state index contributed by atoms with van der Waals surface area (Å²) >= 11 is 1.73. The molecule has 1 aliphatic carbocycles. The number of rotatable bonds is 6. The molecule has 0 unspecified atom stereocenters. The molecule has 1 heterocycles. The number of nitrogens with two attached hydrogens (primary N) is 1. The Hall–Kier alpha value is -1.32. The number of quaternary nitrogens is 1. The van der Waals surface area contributed by atoms with Crippen molar-refractivity contribution < 1.29 is 10.1 Å². The molecule has 1 aliphatic rings. The Bertz CT molecular complexity index is 474. The van der Waals surface area contributed by atoms with E-state index in [1.54, 1.807) is 11.3 Å². The van der Waals surface area contributed by atoms with Crippen molar-refractivity contribution in [2.75, 3.05) is 0 Å². The van der Waals surface area contributed by atoms with Crippen molar-refractivity contribution in [3.05, 3.63) is 52.2 Å². The van der Waals surface area contributed by atoms with Gasteiger partial charge in [-0.05, 0) is 35.7 Å². The van der Waals surface area contributed by atoms with E-state index in [0.717, 1.165) is 18.3 Å². The van der Waals surface area contributed by atoms with E-state index in [0.29, 0.717) is 6.61 Å². The van der Waals surface area contributed by atoms with Gasteiger partial charge in [0, 0.05) is 23.3 Å². The van der Waals surface area contributed by atoms with Crippen LogP contribution in [0.4, 0.5) is 0 Å². The minimum atomic E-state index is 0.672. The van der Waals surface area contributed by atoms with Gasteiger partial charge in [0.15, 0.2) is 0 Å². The molecule has 0 aliphatic heterocycles. The van der Waals surface area contributed by atoms with E-state index in [1.807, 2.05) is 0 Å². The van der Waals surface area contributed by atoms with Gasteiger partial charge in [-0.2, -0.15) is 0 Å². The lowest BCUT2D eigenvalue weighted by Crippen LogP contribution is -2.84. The molecule has 1 fully saturated rings. The fraction of sp³-hybridized carbons (Fsp3) is 0.333. The lowest BCUT2D eigenvalue weighted by atomic mass is 10.2. The standard InChI is InChI=1S/C15H17NOS/c1-2-15(18-9-1)11-17-14-7-3-12(4-8-14)10-16-13-5-6-13/h1-4,7-9,13,16H,5-6,10-11H2/p+1. The van der Waals surface area contributed by atoms with Crippen LogP contribution in [0.15, 0.2) is 41.8 Å². The van der Waals surface area contributed by atoms with E-state index < -0.39 is 0 Å². The second-order valence-corrected chi connectivity index (χ2v) is 5.82. The van der Waals surface area contributed by atoms with Crippen molar-refractivity contribution in [3.8, 4) is 5.75 Å². The molecule has 1 aromatic heterocycles. The summed E-state index contributed by atoms with van der Waals surface area (Å²) in [5.74, 6) is 0.957. The molecule has 2 aromatic rings. The van der Waals surface area contributed by atoms with E-state index in [1.165, 1.54) is 23.3 Å². The molecule has 3 rings (SSSR count). The van der Waals surface area contributed by atoms with Crippen molar-refractivity contribution in [1.29, 1.82) is 0 Å². The SMILES string of the molecule is c1csc(COc2ccc(C[NH2+]C3CC3)cc2)c1. The highest BCUT2D eigenvalue weighted by Gasteiger charge is 2.24. The topological polar surface area (TPSA) is 25.8 Å². The Morgan fingerprint density at radius 3 is 2.67 bits per heavy atom. The fourth-order valence-electron chi connectivity index (χ4n) is 1.91. The van der Waals surface area contributed by atoms with Crippen LogP contribution in [-0.4, -0.2) is 6.04 Å². The highest BCUT2D eigenvalue weighted by Crippen LogP contribution is 2.17. The predicted molar refractivity (Wildman–Crippen MR) is 73.7 cm³/mol. The number of hydrogen-bond donors (Lipinski definition) is 1. The van der Waals surface area contributed by atoms with Crippen LogP contribution in [0.5, 0.6) is 5.75 Å². The Morgan fingerprint density at radius 2 is 2.00 bits per heavy atom. The van der Waals surface area contributed by atoms with E-state index in [4.69, 9.17) is 4.74 Å². The van der Waals surface area contributed by atoms with Gasteiger partial charge in [0.2, 0.25) is 0 Å². The maximum absolute atomic E-state index is 5.74. The first-order chi connectivity index (χ1) is 8.90. The third-order valence-corrected chi connectivity index (χ3v) is 4.04. The second kappa shape index (κ2) is 5.55. The zero-order chi connectivity index (χ0) is 12.2. The number of hydrogen-bond acceptors (Lipinski definition) is 2. The van der Waals surface area contributed by atoms with Gasteiger partial charge in [0.05, 0.1) is 6.04 Å². The van der Waals surface area contributed by atoms with Gasteiger partial charge in [-0.1, -0.05) is 6.07 Å². The molecule has 0 amide bonds. The van der Waals surface area contributed by atoms with E-state index in [2.05, 4.69) is 47.1 Å². The Morgan fingerprint density at radius 1 is 1.17 bits per heavy atom. The Balaban J connectivity index is 1.50. The van der Waals surface area contributed by atoms with Gasteiger partial charge < -0.3 is 10.1 Å². The Kier molecular flexibility index (Phi) is 3.62. The van der Waals surface area contributed by atoms with Crippen molar-refractivity contribution in [2.24, 2.45) is 0 Å². The summed E-state index contributed by atoms with van der Waals surface area (Å²) in [4.78, 5) is 1.26. The van der Waals surface area contributed by atoms with Crippen molar-refractivity contribution >= 4 is 11.3 Å². The first-order valence-corrected chi connectivity index (χ1v) is 7.35. The summed E-state index contributed by atoms with van der Waals surface area (Å²) in [7, 11) is 0. The van der Waals surface area contributed by atoms with Crippen molar-refractivity contribution in [1.82, 2.24) is 0 Å². The highest BCUT2D eigenvalue weighted by atomic mass is 32.1. The van der Waals surface area contributed by atoms with Crippen LogP contribution in [0.1, 0.15) is 23.3 Å². The Labute approximate surface area is 112 Å². The molecule has 0 atom stereocenters. The number of benzene rings is 1. The van der Waals surface area contributed by atoms with Gasteiger partial charge in [-0.25, -0.2) is 0 Å². The molecule has 94 valence electrons. The van der Waals surface area contributed by atoms with Gasteiger partial charge in [-0.15, -0.1) is 11.3 Å². The summed E-state index contributed by atoms with van der Waals surface area (Å²) in [6.45, 7) is 1.76. The van der Waals surface area contributed by atoms with Crippen molar-refractivity contribution in [3.63, 3.8) is 0 Å². The summed E-state index contributed by atoms with van der Waals surface area (Å²) in [6.07, 6.45) is 2.78. The molecule has 18 heavy (non-hydrogen) atoms. The minimum absolute atomic E-state index is 0.672. The van der Waals surface area contributed by atoms with Gasteiger partial charge in [0.25, 0.3) is 0 Å². The molecule has 3 heteroatoms. The van der Waals surface area contributed by atoms with Crippen LogP contribution in [0, 0.1) is 0 Å². The predicted octanol–water partition coefficient (Wildman–Crippen LogP) is 2.55. The van der Waals surface area contributed by atoms with E-state index in [9.17, 15) is 0 Å². The zero-order valence-electron chi connectivity index (χ0n) is 10.3. The molecule has 2 N–H and O–H groups in total. The maximum Gasteiger partial charge on any atom is 0.122 e. The lowest BCUT2D eigenvalue weighted by molar-refractivity contribution is -0.683. The smallest absolute Gasteiger partial charge is 0.122 e. The zero-order valence-corrected chi connectivity index (χ0v) is 11.2. The molecular weight excluding hydrogens is 242 g/mol. The van der Waals surface area contributed by atoms with Crippen molar-refractivity contribution in [2.45, 2.75) is 32.0 Å². The first-order valence-electron chi connectivity index (χ1n) is 6.47. The molecule has 1 aromatic carbocycles. The summed E-state index contributed by atoms with van der Waals surface area (Å²) in [6, 6.07) is 13.5. The molecular formula is C15H18NOS+. The summed E-state index contributed by atoms with van der Waals surface area (Å²) in [5, 5.41) is 4.51. The van der Waals surface area contributed by atoms with Crippen LogP contribution in [0.2, 0.25) is 0 Å². The van der Waals surface area contributed by atoms with E-state index >= 15 is 0 Å². The highest BCUT2D eigenvalue weighted by molar-refractivity contribution is 7.09. The average molecular weight is 260 g/mol. The quantitative estimate of drug-likeness (QED) is 0.848. The van der Waals surface area contributed by atoms with Crippen LogP contribution in [0.3, 0.4) is 0 Å². The third-order valence-electron chi connectivity index (χ3n) is 3.19. The first kappa shape index (κ1) is 11.8. The van der Waals surface area contributed by atoms with Crippen LogP contribution >= 0.6 is 11.3 Å². The van der Waals surface area contributed by atoms with Gasteiger partial charge >= 0.3 is 0 Å². The van der Waals surface area contributed by atoms with E-state index in [-0.39, 0.29) is 0 Å². The molecule has 0 bridgehead atoms. The molecule has 0 spiro atoms. The molecule has 0 saturated heterocycles. The van der Waals surface area contributed by atoms with Gasteiger partial charge in [0.1, 0.15) is 18.9 Å². The monoisotopic (exact) mass is 260 g/mol. The average Bonchev–Trinajstić information content (AvgIpc) is 3.09. The lowest BCUT2D eigenvalue weighted by Gasteiger charge is -2.05. The molecule has 0 radical (unpaired) electrons. The normalized spacial score (nSPS) is 14.7. The second-order valence-electron chi connectivity index (χ2n) is 4.79. The molecule has 2 nitrogen and oxygen atoms in total. The minimum Gasteiger partial charge on any atom is -0.488 e. The van der Waals surface area contributed by atoms with Crippen LogP contribution < -0.4 is 10.1 Å². The third kappa shape index (κ3) is 3.34. The number of ether oxygens (including phenoxy) is 1. The summed E-state index contributed by atoms with van der Waals surface area (Å²) in [5.41, 5.74) is 1.38. The summed E-state index contributed by atoms with van der Waals surface area (Å²) < 4.78 is 5.74. The number of thiophene rings is 1. The van der Waals surface area contributed by atoms with Crippen LogP contribution in [0.25, 0.3) is 0 Å². The van der Waals surface area contributed by atoms with Gasteiger partial charge in [-0.3, -0.25) is 0 Å². The van der Waals surface area contributed by atoms with Crippen LogP contribution in [-0.2, 0) is 13.2 Å². The maximum atomic E-state index is 5.74. The largest absolute Gasteiger partial charge is 0.488 e. The molecule has 1 saturated carbocycles.